The second kappa shape index (κ2) is 9.28. The van der Waals surface area contributed by atoms with E-state index in [0.29, 0.717) is 0 Å². The van der Waals surface area contributed by atoms with E-state index in [1.807, 2.05) is 13.8 Å². The summed E-state index contributed by atoms with van der Waals surface area (Å²) in [4.78, 5) is 12.8. The standard InChI is InChI=1S/C21H27N3O6S2/c1-15-13-24(14-16(2)30-15)32(28,29)19-9-5-7-17(11-19)21(25)22-18-8-6-10-20(12-18)31(26,27)23(3)4/h5-12,15-16H,13-14H2,1-4H3,(H,22,25). The van der Waals surface area contributed by atoms with Gasteiger partial charge in [0.15, 0.2) is 0 Å². The van der Waals surface area contributed by atoms with Crippen LogP contribution in [0.15, 0.2) is 58.3 Å². The quantitative estimate of drug-likeness (QED) is 0.675. The van der Waals surface area contributed by atoms with Gasteiger partial charge in [0.25, 0.3) is 5.91 Å². The first-order valence-electron chi connectivity index (χ1n) is 10.0. The van der Waals surface area contributed by atoms with Crippen molar-refractivity contribution in [1.29, 1.82) is 0 Å². The first-order chi connectivity index (χ1) is 14.9. The number of carbonyl (C=O) groups excluding carboxylic acids is 1. The summed E-state index contributed by atoms with van der Waals surface area (Å²) in [7, 11) is -4.63. The van der Waals surface area contributed by atoms with Crippen molar-refractivity contribution in [2.75, 3.05) is 32.5 Å². The summed E-state index contributed by atoms with van der Waals surface area (Å²) in [5.41, 5.74) is 0.420. The van der Waals surface area contributed by atoms with Crippen LogP contribution in [0.1, 0.15) is 24.2 Å². The molecule has 1 aliphatic rings. The van der Waals surface area contributed by atoms with Gasteiger partial charge in [-0.3, -0.25) is 4.79 Å². The SMILES string of the molecule is CC1CN(S(=O)(=O)c2cccc(C(=O)Nc3cccc(S(=O)(=O)N(C)C)c3)c2)CC(C)O1. The van der Waals surface area contributed by atoms with Gasteiger partial charge < -0.3 is 10.1 Å². The van der Waals surface area contributed by atoms with Crippen molar-refractivity contribution >= 4 is 31.6 Å². The Balaban J connectivity index is 1.84. The second-order valence-electron chi connectivity index (χ2n) is 7.88. The normalized spacial score (nSPS) is 20.3. The van der Waals surface area contributed by atoms with E-state index in [1.54, 1.807) is 6.07 Å². The van der Waals surface area contributed by atoms with Crippen molar-refractivity contribution in [3.63, 3.8) is 0 Å². The minimum Gasteiger partial charge on any atom is -0.373 e. The monoisotopic (exact) mass is 481 g/mol. The number of ether oxygens (including phenoxy) is 1. The van der Waals surface area contributed by atoms with E-state index in [0.717, 1.165) is 4.31 Å². The van der Waals surface area contributed by atoms with E-state index in [2.05, 4.69) is 5.32 Å². The highest BCUT2D eigenvalue weighted by Gasteiger charge is 2.32. The first-order valence-corrected chi connectivity index (χ1v) is 12.9. The highest BCUT2D eigenvalue weighted by molar-refractivity contribution is 7.89. The average Bonchev–Trinajstić information content (AvgIpc) is 2.73. The first kappa shape index (κ1) is 24.3. The Labute approximate surface area is 189 Å². The fourth-order valence-electron chi connectivity index (χ4n) is 3.42. The van der Waals surface area contributed by atoms with Crippen LogP contribution in [0.2, 0.25) is 0 Å². The summed E-state index contributed by atoms with van der Waals surface area (Å²) in [6, 6.07) is 11.6. The fraction of sp³-hybridized carbons (Fsp3) is 0.381. The van der Waals surface area contributed by atoms with E-state index in [9.17, 15) is 21.6 Å². The molecular formula is C21H27N3O6S2. The highest BCUT2D eigenvalue weighted by atomic mass is 32.2. The van der Waals surface area contributed by atoms with Crippen molar-refractivity contribution in [2.45, 2.75) is 35.8 Å². The molecule has 1 fully saturated rings. The Kier molecular flexibility index (Phi) is 7.06. The zero-order chi connectivity index (χ0) is 23.7. The predicted molar refractivity (Wildman–Crippen MR) is 120 cm³/mol. The number of nitrogens with zero attached hydrogens (tertiary/aromatic N) is 2. The number of rotatable bonds is 6. The molecule has 0 radical (unpaired) electrons. The number of hydrogen-bond acceptors (Lipinski definition) is 6. The molecular weight excluding hydrogens is 454 g/mol. The Morgan fingerprint density at radius 3 is 2.19 bits per heavy atom. The van der Waals surface area contributed by atoms with Gasteiger partial charge in [-0.15, -0.1) is 0 Å². The molecule has 0 spiro atoms. The highest BCUT2D eigenvalue weighted by Crippen LogP contribution is 2.23. The number of benzene rings is 2. The van der Waals surface area contributed by atoms with Crippen molar-refractivity contribution in [1.82, 2.24) is 8.61 Å². The third kappa shape index (κ3) is 5.18. The zero-order valence-electron chi connectivity index (χ0n) is 18.3. The second-order valence-corrected chi connectivity index (χ2v) is 12.0. The summed E-state index contributed by atoms with van der Waals surface area (Å²) in [5, 5.41) is 2.63. The number of nitrogens with one attached hydrogen (secondary N) is 1. The van der Waals surface area contributed by atoms with E-state index in [-0.39, 0.29) is 46.3 Å². The van der Waals surface area contributed by atoms with Gasteiger partial charge >= 0.3 is 0 Å². The van der Waals surface area contributed by atoms with Gasteiger partial charge in [-0.05, 0) is 50.2 Å². The van der Waals surface area contributed by atoms with Gasteiger partial charge in [0.1, 0.15) is 0 Å². The summed E-state index contributed by atoms with van der Waals surface area (Å²) in [5.74, 6) is -0.551. The van der Waals surface area contributed by atoms with Gasteiger partial charge in [-0.25, -0.2) is 21.1 Å². The van der Waals surface area contributed by atoms with Crippen LogP contribution in [0.25, 0.3) is 0 Å². The lowest BCUT2D eigenvalue weighted by molar-refractivity contribution is -0.0440. The zero-order valence-corrected chi connectivity index (χ0v) is 20.0. The van der Waals surface area contributed by atoms with Crippen LogP contribution in [0.4, 0.5) is 5.69 Å². The number of hydrogen-bond donors (Lipinski definition) is 1. The van der Waals surface area contributed by atoms with Gasteiger partial charge in [0, 0.05) is 38.4 Å². The molecule has 11 heteroatoms. The molecule has 1 N–H and O–H groups in total. The van der Waals surface area contributed by atoms with Crippen LogP contribution < -0.4 is 5.32 Å². The molecule has 2 atom stereocenters. The maximum absolute atomic E-state index is 13.1. The van der Waals surface area contributed by atoms with Crippen LogP contribution in [0, 0.1) is 0 Å². The lowest BCUT2D eigenvalue weighted by Gasteiger charge is -2.34. The number of carbonyl (C=O) groups is 1. The molecule has 0 aliphatic carbocycles. The molecule has 174 valence electrons. The van der Waals surface area contributed by atoms with Crippen molar-refractivity contribution in [3.8, 4) is 0 Å². The maximum atomic E-state index is 13.1. The number of morpholine rings is 1. The molecule has 3 rings (SSSR count). The van der Waals surface area contributed by atoms with Crippen LogP contribution in [0.5, 0.6) is 0 Å². The molecule has 0 saturated carbocycles. The van der Waals surface area contributed by atoms with E-state index < -0.39 is 26.0 Å². The molecule has 1 heterocycles. The van der Waals surface area contributed by atoms with Gasteiger partial charge in [-0.2, -0.15) is 4.31 Å². The number of sulfonamides is 2. The molecule has 0 bridgehead atoms. The van der Waals surface area contributed by atoms with E-state index in [4.69, 9.17) is 4.74 Å². The molecule has 2 aromatic rings. The molecule has 2 unspecified atom stereocenters. The molecule has 0 aromatic heterocycles. The van der Waals surface area contributed by atoms with Crippen LogP contribution >= 0.6 is 0 Å². The lowest BCUT2D eigenvalue weighted by Crippen LogP contribution is -2.48. The molecule has 2 aromatic carbocycles. The van der Waals surface area contributed by atoms with Gasteiger partial charge in [0.2, 0.25) is 20.0 Å². The minimum atomic E-state index is -3.80. The number of anilines is 1. The topological polar surface area (TPSA) is 113 Å². The average molecular weight is 482 g/mol. The van der Waals surface area contributed by atoms with Crippen LogP contribution in [0.3, 0.4) is 0 Å². The fourth-order valence-corrected chi connectivity index (χ4v) is 6.01. The third-order valence-electron chi connectivity index (χ3n) is 4.99. The third-order valence-corrected chi connectivity index (χ3v) is 8.63. The van der Waals surface area contributed by atoms with Gasteiger partial charge in [-0.1, -0.05) is 12.1 Å². The van der Waals surface area contributed by atoms with Crippen molar-refractivity contribution in [2.24, 2.45) is 0 Å². The van der Waals surface area contributed by atoms with E-state index >= 15 is 0 Å². The Morgan fingerprint density at radius 1 is 0.969 bits per heavy atom. The molecule has 1 saturated heterocycles. The Hall–Kier alpha value is -2.31. The van der Waals surface area contributed by atoms with Crippen LogP contribution in [-0.4, -0.2) is 70.7 Å². The molecule has 1 amide bonds. The minimum absolute atomic E-state index is 0.00962. The van der Waals surface area contributed by atoms with E-state index in [1.165, 1.54) is 60.9 Å². The Bertz CT molecular complexity index is 1200. The largest absolute Gasteiger partial charge is 0.373 e. The summed E-state index contributed by atoms with van der Waals surface area (Å²) < 4.78 is 58.9. The maximum Gasteiger partial charge on any atom is 0.255 e. The van der Waals surface area contributed by atoms with Crippen LogP contribution in [-0.2, 0) is 24.8 Å². The summed E-state index contributed by atoms with van der Waals surface area (Å²) in [6.45, 7) is 4.09. The molecule has 32 heavy (non-hydrogen) atoms. The van der Waals surface area contributed by atoms with Crippen molar-refractivity contribution in [3.05, 3.63) is 54.1 Å². The van der Waals surface area contributed by atoms with Crippen molar-refractivity contribution < 1.29 is 26.4 Å². The lowest BCUT2D eigenvalue weighted by atomic mass is 10.2. The Morgan fingerprint density at radius 2 is 1.56 bits per heavy atom. The number of amides is 1. The molecule has 1 aliphatic heterocycles. The molecule has 9 nitrogen and oxygen atoms in total. The summed E-state index contributed by atoms with van der Waals surface area (Å²) in [6.07, 6.45) is -0.462. The predicted octanol–water partition coefficient (Wildman–Crippen LogP) is 1.99. The summed E-state index contributed by atoms with van der Waals surface area (Å²) >= 11 is 0. The van der Waals surface area contributed by atoms with Gasteiger partial charge in [0.05, 0.1) is 22.0 Å². The smallest absolute Gasteiger partial charge is 0.255 e.